The van der Waals surface area contributed by atoms with E-state index in [2.05, 4.69) is 92.5 Å². The maximum atomic E-state index is 4.65. The lowest BCUT2D eigenvalue weighted by atomic mass is 10.0. The smallest absolute Gasteiger partial charge is 0.226 e. The first-order chi connectivity index (χ1) is 14.2. The molecule has 0 aliphatic carbocycles. The van der Waals surface area contributed by atoms with Gasteiger partial charge in [0.05, 0.1) is 6.33 Å². The number of rotatable bonds is 7. The van der Waals surface area contributed by atoms with Crippen molar-refractivity contribution in [1.29, 1.82) is 0 Å². The SMILES string of the molecule is CCNc1nc(NCc2ccc(-c3ccccc3)cc2)c2ncn(C(C)C)c2n1. The Bertz CT molecular complexity index is 1080. The summed E-state index contributed by atoms with van der Waals surface area (Å²) in [6.07, 6.45) is 1.83. The summed E-state index contributed by atoms with van der Waals surface area (Å²) < 4.78 is 2.07. The fraction of sp³-hybridized carbons (Fsp3) is 0.261. The van der Waals surface area contributed by atoms with E-state index < -0.39 is 0 Å². The predicted octanol–water partition coefficient (Wildman–Crippen LogP) is 5.12. The fourth-order valence-corrected chi connectivity index (χ4v) is 3.29. The van der Waals surface area contributed by atoms with Crippen LogP contribution in [0.15, 0.2) is 60.9 Å². The van der Waals surface area contributed by atoms with Crippen LogP contribution in [-0.4, -0.2) is 26.1 Å². The number of fused-ring (bicyclic) bond motifs is 1. The molecule has 0 bridgehead atoms. The maximum absolute atomic E-state index is 4.65. The molecule has 2 heterocycles. The van der Waals surface area contributed by atoms with Crippen molar-refractivity contribution in [2.24, 2.45) is 0 Å². The number of hydrogen-bond donors (Lipinski definition) is 2. The van der Waals surface area contributed by atoms with E-state index in [0.29, 0.717) is 12.5 Å². The largest absolute Gasteiger partial charge is 0.364 e. The Balaban J connectivity index is 1.57. The van der Waals surface area contributed by atoms with Crippen LogP contribution in [0.25, 0.3) is 22.3 Å². The van der Waals surface area contributed by atoms with Gasteiger partial charge in [-0.25, -0.2) is 4.98 Å². The summed E-state index contributed by atoms with van der Waals surface area (Å²) >= 11 is 0. The van der Waals surface area contributed by atoms with Crippen molar-refractivity contribution < 1.29 is 0 Å². The molecule has 2 aromatic carbocycles. The van der Waals surface area contributed by atoms with Crippen LogP contribution in [0.5, 0.6) is 0 Å². The topological polar surface area (TPSA) is 67.7 Å². The molecule has 0 fully saturated rings. The van der Waals surface area contributed by atoms with Crippen LogP contribution in [0.3, 0.4) is 0 Å². The molecule has 0 spiro atoms. The van der Waals surface area contributed by atoms with E-state index in [1.807, 2.05) is 19.3 Å². The van der Waals surface area contributed by atoms with Gasteiger partial charge in [0.2, 0.25) is 5.95 Å². The molecule has 0 atom stereocenters. The summed E-state index contributed by atoms with van der Waals surface area (Å²) in [6, 6.07) is 19.3. The zero-order valence-corrected chi connectivity index (χ0v) is 17.1. The van der Waals surface area contributed by atoms with Gasteiger partial charge in [0.25, 0.3) is 0 Å². The van der Waals surface area contributed by atoms with E-state index in [1.165, 1.54) is 16.7 Å². The third-order valence-electron chi connectivity index (χ3n) is 4.83. The molecule has 6 heteroatoms. The second-order valence-electron chi connectivity index (χ2n) is 7.26. The van der Waals surface area contributed by atoms with Crippen molar-refractivity contribution in [3.63, 3.8) is 0 Å². The summed E-state index contributed by atoms with van der Waals surface area (Å²) in [6.45, 7) is 7.72. The van der Waals surface area contributed by atoms with E-state index in [4.69, 9.17) is 0 Å². The van der Waals surface area contributed by atoms with Gasteiger partial charge in [-0.05, 0) is 37.5 Å². The molecule has 0 saturated carbocycles. The number of benzene rings is 2. The molecule has 0 saturated heterocycles. The third kappa shape index (κ3) is 4.06. The highest BCUT2D eigenvalue weighted by molar-refractivity contribution is 5.84. The first kappa shape index (κ1) is 18.9. The van der Waals surface area contributed by atoms with E-state index in [1.54, 1.807) is 0 Å². The van der Waals surface area contributed by atoms with Crippen molar-refractivity contribution in [1.82, 2.24) is 19.5 Å². The number of nitrogens with one attached hydrogen (secondary N) is 2. The number of imidazole rings is 1. The standard InChI is InChI=1S/C23H26N6/c1-4-24-23-27-21(20-22(28-23)29(15-26-20)16(2)3)25-14-17-10-12-19(13-11-17)18-8-6-5-7-9-18/h5-13,15-16H,4,14H2,1-3H3,(H2,24,25,27,28). The Morgan fingerprint density at radius 1 is 0.897 bits per heavy atom. The van der Waals surface area contributed by atoms with Gasteiger partial charge in [-0.15, -0.1) is 0 Å². The maximum Gasteiger partial charge on any atom is 0.226 e. The molecule has 2 aromatic heterocycles. The van der Waals surface area contributed by atoms with E-state index in [0.717, 1.165) is 23.5 Å². The minimum absolute atomic E-state index is 0.280. The van der Waals surface area contributed by atoms with Gasteiger partial charge in [0.15, 0.2) is 17.0 Å². The van der Waals surface area contributed by atoms with Gasteiger partial charge in [0, 0.05) is 19.1 Å². The average Bonchev–Trinajstić information content (AvgIpc) is 3.18. The molecule has 4 aromatic rings. The summed E-state index contributed by atoms with van der Waals surface area (Å²) in [5, 5.41) is 6.66. The van der Waals surface area contributed by atoms with Gasteiger partial charge < -0.3 is 15.2 Å². The van der Waals surface area contributed by atoms with E-state index in [9.17, 15) is 0 Å². The first-order valence-electron chi connectivity index (χ1n) is 10.0. The molecule has 0 amide bonds. The first-order valence-corrected chi connectivity index (χ1v) is 10.0. The van der Waals surface area contributed by atoms with Crippen LogP contribution in [0.1, 0.15) is 32.4 Å². The minimum atomic E-state index is 0.280. The highest BCUT2D eigenvalue weighted by Gasteiger charge is 2.14. The van der Waals surface area contributed by atoms with Gasteiger partial charge in [-0.3, -0.25) is 0 Å². The van der Waals surface area contributed by atoms with Gasteiger partial charge in [0.1, 0.15) is 0 Å². The van der Waals surface area contributed by atoms with Crippen molar-refractivity contribution in [3.8, 4) is 11.1 Å². The monoisotopic (exact) mass is 386 g/mol. The van der Waals surface area contributed by atoms with Gasteiger partial charge >= 0.3 is 0 Å². The lowest BCUT2D eigenvalue weighted by molar-refractivity contribution is 0.613. The Kier molecular flexibility index (Phi) is 5.42. The normalized spacial score (nSPS) is 11.2. The van der Waals surface area contributed by atoms with Crippen molar-refractivity contribution in [3.05, 3.63) is 66.5 Å². The molecule has 29 heavy (non-hydrogen) atoms. The molecular weight excluding hydrogens is 360 g/mol. The molecule has 6 nitrogen and oxygen atoms in total. The number of aromatic nitrogens is 4. The fourth-order valence-electron chi connectivity index (χ4n) is 3.29. The molecule has 148 valence electrons. The Morgan fingerprint density at radius 3 is 2.31 bits per heavy atom. The Hall–Kier alpha value is -3.41. The minimum Gasteiger partial charge on any atom is -0.364 e. The Morgan fingerprint density at radius 2 is 1.62 bits per heavy atom. The van der Waals surface area contributed by atoms with Crippen LogP contribution >= 0.6 is 0 Å². The second kappa shape index (κ2) is 8.31. The summed E-state index contributed by atoms with van der Waals surface area (Å²) in [7, 11) is 0. The highest BCUT2D eigenvalue weighted by atomic mass is 15.2. The zero-order valence-electron chi connectivity index (χ0n) is 17.1. The van der Waals surface area contributed by atoms with Gasteiger partial charge in [-0.1, -0.05) is 54.6 Å². The predicted molar refractivity (Wildman–Crippen MR) is 119 cm³/mol. The van der Waals surface area contributed by atoms with Crippen LogP contribution in [-0.2, 0) is 6.54 Å². The third-order valence-corrected chi connectivity index (χ3v) is 4.83. The Labute approximate surface area is 171 Å². The quantitative estimate of drug-likeness (QED) is 0.461. The lowest BCUT2D eigenvalue weighted by Crippen LogP contribution is -2.09. The van der Waals surface area contributed by atoms with E-state index >= 15 is 0 Å². The van der Waals surface area contributed by atoms with Crippen LogP contribution in [0, 0.1) is 0 Å². The lowest BCUT2D eigenvalue weighted by Gasteiger charge is -2.12. The van der Waals surface area contributed by atoms with Crippen LogP contribution in [0.4, 0.5) is 11.8 Å². The molecule has 0 aliphatic heterocycles. The highest BCUT2D eigenvalue weighted by Crippen LogP contribution is 2.24. The average molecular weight is 387 g/mol. The summed E-state index contributed by atoms with van der Waals surface area (Å²) in [5.41, 5.74) is 5.25. The summed E-state index contributed by atoms with van der Waals surface area (Å²) in [4.78, 5) is 13.8. The molecule has 4 rings (SSSR count). The summed E-state index contributed by atoms with van der Waals surface area (Å²) in [5.74, 6) is 1.36. The zero-order chi connectivity index (χ0) is 20.2. The number of nitrogens with zero attached hydrogens (tertiary/aromatic N) is 4. The van der Waals surface area contributed by atoms with E-state index in [-0.39, 0.29) is 6.04 Å². The molecule has 0 unspecified atom stereocenters. The second-order valence-corrected chi connectivity index (χ2v) is 7.26. The molecule has 0 aliphatic rings. The number of hydrogen-bond acceptors (Lipinski definition) is 5. The number of anilines is 2. The van der Waals surface area contributed by atoms with Crippen LogP contribution < -0.4 is 10.6 Å². The molecule has 0 radical (unpaired) electrons. The van der Waals surface area contributed by atoms with Crippen LogP contribution in [0.2, 0.25) is 0 Å². The van der Waals surface area contributed by atoms with Crippen molar-refractivity contribution in [2.75, 3.05) is 17.2 Å². The van der Waals surface area contributed by atoms with Gasteiger partial charge in [-0.2, -0.15) is 9.97 Å². The van der Waals surface area contributed by atoms with Crippen molar-refractivity contribution >= 4 is 22.9 Å². The van der Waals surface area contributed by atoms with Crippen molar-refractivity contribution in [2.45, 2.75) is 33.4 Å². The molecule has 2 N–H and O–H groups in total. The molecular formula is C23H26N6.